The second kappa shape index (κ2) is 4.83. The Morgan fingerprint density at radius 2 is 1.96 bits per heavy atom. The Hall–Kier alpha value is -1.85. The van der Waals surface area contributed by atoms with Gasteiger partial charge in [-0.15, -0.1) is 0 Å². The highest BCUT2D eigenvalue weighted by molar-refractivity contribution is 5.99. The van der Waals surface area contributed by atoms with Crippen LogP contribution in [0.3, 0.4) is 0 Å². The quantitative estimate of drug-likeness (QED) is 0.626. The molecule has 0 radical (unpaired) electrons. The molecule has 6 aliphatic rings. The van der Waals surface area contributed by atoms with Crippen molar-refractivity contribution in [3.05, 3.63) is 11.6 Å². The number of esters is 1. The number of hydrogen-bond donors (Lipinski definition) is 1. The van der Waals surface area contributed by atoms with E-state index in [1.54, 1.807) is 11.0 Å². The molecule has 0 saturated heterocycles. The summed E-state index contributed by atoms with van der Waals surface area (Å²) in [5, 5.41) is 9.77. The molecule has 0 aliphatic heterocycles. The zero-order chi connectivity index (χ0) is 18.1. The van der Waals surface area contributed by atoms with Gasteiger partial charge in [0.15, 0.2) is 0 Å². The van der Waals surface area contributed by atoms with Gasteiger partial charge in [-0.2, -0.15) is 0 Å². The smallest absolute Gasteiger partial charge is 0.316 e. The SMILES string of the molecule is CCN(C(=O)C12CC(C1C(=O)O)C1(C(=O)OC)C=C2C1)C(C)(C)C. The van der Waals surface area contributed by atoms with Crippen LogP contribution in [0.25, 0.3) is 0 Å². The lowest BCUT2D eigenvalue weighted by atomic mass is 9.32. The summed E-state index contributed by atoms with van der Waals surface area (Å²) in [6.45, 7) is 8.29. The van der Waals surface area contributed by atoms with Crippen LogP contribution in [0, 0.1) is 22.7 Å². The van der Waals surface area contributed by atoms with Gasteiger partial charge in [0.2, 0.25) is 5.91 Å². The van der Waals surface area contributed by atoms with E-state index >= 15 is 0 Å². The largest absolute Gasteiger partial charge is 0.481 e. The third-order valence-electron chi connectivity index (χ3n) is 6.21. The summed E-state index contributed by atoms with van der Waals surface area (Å²) in [4.78, 5) is 39.2. The summed E-state index contributed by atoms with van der Waals surface area (Å²) in [6, 6.07) is 0. The predicted octanol–water partition coefficient (Wildman–Crippen LogP) is 1.84. The highest BCUT2D eigenvalue weighted by Crippen LogP contribution is 2.75. The van der Waals surface area contributed by atoms with Crippen LogP contribution in [0.1, 0.15) is 40.5 Å². The number of methoxy groups -OCH3 is 1. The number of carboxylic acid groups (broad SMARTS) is 1. The van der Waals surface area contributed by atoms with Gasteiger partial charge in [-0.05, 0) is 46.5 Å². The maximum Gasteiger partial charge on any atom is 0.316 e. The van der Waals surface area contributed by atoms with Gasteiger partial charge < -0.3 is 14.7 Å². The van der Waals surface area contributed by atoms with Crippen molar-refractivity contribution in [1.29, 1.82) is 0 Å². The minimum Gasteiger partial charge on any atom is -0.481 e. The number of hydrogen-bond acceptors (Lipinski definition) is 4. The Labute approximate surface area is 141 Å². The zero-order valence-electron chi connectivity index (χ0n) is 14.9. The van der Waals surface area contributed by atoms with E-state index in [1.165, 1.54) is 7.11 Å². The van der Waals surface area contributed by atoms with Crippen LogP contribution < -0.4 is 0 Å². The van der Waals surface area contributed by atoms with Crippen molar-refractivity contribution in [2.24, 2.45) is 22.7 Å². The molecule has 0 aromatic carbocycles. The summed E-state index contributed by atoms with van der Waals surface area (Å²) >= 11 is 0. The maximum atomic E-state index is 13.3. The van der Waals surface area contributed by atoms with E-state index in [-0.39, 0.29) is 23.3 Å². The first-order valence-corrected chi connectivity index (χ1v) is 8.41. The van der Waals surface area contributed by atoms with Crippen molar-refractivity contribution in [1.82, 2.24) is 4.90 Å². The molecule has 3 fully saturated rings. The monoisotopic (exact) mass is 335 g/mol. The van der Waals surface area contributed by atoms with Crippen molar-refractivity contribution in [3.8, 4) is 0 Å². The number of aliphatic carboxylic acids is 1. The van der Waals surface area contributed by atoms with Crippen molar-refractivity contribution in [2.75, 3.05) is 13.7 Å². The Bertz CT molecular complexity index is 661. The molecule has 1 amide bonds. The molecule has 0 aromatic rings. The van der Waals surface area contributed by atoms with Crippen LogP contribution in [0.5, 0.6) is 0 Å². The Morgan fingerprint density at radius 3 is 2.33 bits per heavy atom. The summed E-state index contributed by atoms with van der Waals surface area (Å²) < 4.78 is 4.90. The summed E-state index contributed by atoms with van der Waals surface area (Å²) in [5.74, 6) is -2.70. The Kier molecular flexibility index (Phi) is 3.42. The maximum absolute atomic E-state index is 13.3. The summed E-state index contributed by atoms with van der Waals surface area (Å²) in [7, 11) is 1.32. The molecule has 6 aliphatic carbocycles. The van der Waals surface area contributed by atoms with E-state index in [9.17, 15) is 19.5 Å². The molecular formula is C18H25NO5. The van der Waals surface area contributed by atoms with E-state index in [1.807, 2.05) is 27.7 Å². The standard InChI is InChI=1S/C18H25NO5/c1-6-19(16(2,3)4)14(22)18-9-11(12(18)13(20)21)17(15(23)24-5)7-10(18)8-17/h7,11-12H,6,8-9H2,1-5H3,(H,20,21). The van der Waals surface area contributed by atoms with Crippen LogP contribution in [0.15, 0.2) is 11.6 Å². The van der Waals surface area contributed by atoms with Crippen molar-refractivity contribution in [2.45, 2.75) is 46.1 Å². The number of carboxylic acids is 1. The van der Waals surface area contributed by atoms with Gasteiger partial charge in [0, 0.05) is 12.1 Å². The Balaban J connectivity index is 2.04. The first kappa shape index (κ1) is 17.0. The number of ether oxygens (including phenoxy) is 1. The third-order valence-corrected chi connectivity index (χ3v) is 6.21. The molecule has 6 nitrogen and oxygen atoms in total. The lowest BCUT2D eigenvalue weighted by Crippen LogP contribution is -2.74. The second-order valence-electron chi connectivity index (χ2n) is 8.20. The molecule has 0 heterocycles. The Morgan fingerprint density at radius 1 is 1.38 bits per heavy atom. The van der Waals surface area contributed by atoms with E-state index < -0.39 is 22.7 Å². The number of nitrogens with zero attached hydrogens (tertiary/aromatic N) is 1. The van der Waals surface area contributed by atoms with E-state index in [0.29, 0.717) is 19.4 Å². The van der Waals surface area contributed by atoms with Gasteiger partial charge >= 0.3 is 11.9 Å². The van der Waals surface area contributed by atoms with Gasteiger partial charge in [-0.25, -0.2) is 0 Å². The average Bonchev–Trinajstić information content (AvgIpc) is 2.42. The molecule has 6 heteroatoms. The van der Waals surface area contributed by atoms with Gasteiger partial charge in [0.05, 0.1) is 23.9 Å². The van der Waals surface area contributed by atoms with E-state index in [2.05, 4.69) is 0 Å². The fraction of sp³-hybridized carbons (Fsp3) is 0.722. The van der Waals surface area contributed by atoms with E-state index in [4.69, 9.17) is 4.74 Å². The topological polar surface area (TPSA) is 83.9 Å². The van der Waals surface area contributed by atoms with Gasteiger partial charge in [-0.1, -0.05) is 11.6 Å². The molecule has 3 saturated carbocycles. The molecular weight excluding hydrogens is 310 g/mol. The fourth-order valence-electron chi connectivity index (χ4n) is 5.08. The molecule has 1 N–H and O–H groups in total. The lowest BCUT2D eigenvalue weighted by molar-refractivity contribution is -0.205. The molecule has 0 spiro atoms. The molecule has 0 aromatic heterocycles. The summed E-state index contributed by atoms with van der Waals surface area (Å²) in [5.41, 5.74) is -1.39. The van der Waals surface area contributed by atoms with Crippen LogP contribution >= 0.6 is 0 Å². The van der Waals surface area contributed by atoms with Gasteiger partial charge in [0.25, 0.3) is 0 Å². The number of amides is 1. The van der Waals surface area contributed by atoms with Crippen molar-refractivity contribution in [3.63, 3.8) is 0 Å². The third kappa shape index (κ3) is 1.74. The molecule has 6 rings (SSSR count). The number of carbonyl (C=O) groups is 3. The van der Waals surface area contributed by atoms with Crippen LogP contribution in [0.4, 0.5) is 0 Å². The molecule has 132 valence electrons. The van der Waals surface area contributed by atoms with Crippen molar-refractivity contribution >= 4 is 17.8 Å². The van der Waals surface area contributed by atoms with Crippen LogP contribution in [-0.2, 0) is 19.1 Å². The van der Waals surface area contributed by atoms with Gasteiger partial charge in [-0.3, -0.25) is 14.4 Å². The normalized spacial score (nSPS) is 36.0. The number of rotatable bonds is 4. The first-order valence-electron chi connectivity index (χ1n) is 8.41. The lowest BCUT2D eigenvalue weighted by Gasteiger charge is -2.69. The number of carbonyl (C=O) groups excluding carboxylic acids is 2. The molecule has 4 unspecified atom stereocenters. The minimum absolute atomic E-state index is 0.120. The van der Waals surface area contributed by atoms with Gasteiger partial charge in [0.1, 0.15) is 0 Å². The molecule has 4 atom stereocenters. The predicted molar refractivity (Wildman–Crippen MR) is 86.0 cm³/mol. The average molecular weight is 335 g/mol. The van der Waals surface area contributed by atoms with Crippen molar-refractivity contribution < 1.29 is 24.2 Å². The van der Waals surface area contributed by atoms with E-state index in [0.717, 1.165) is 5.57 Å². The molecule has 24 heavy (non-hydrogen) atoms. The first-order chi connectivity index (χ1) is 11.1. The van der Waals surface area contributed by atoms with Crippen LogP contribution in [0.2, 0.25) is 0 Å². The highest BCUT2D eigenvalue weighted by atomic mass is 16.5. The second-order valence-corrected chi connectivity index (χ2v) is 8.20. The zero-order valence-corrected chi connectivity index (χ0v) is 14.9. The minimum atomic E-state index is -0.997. The molecule has 4 bridgehead atoms. The van der Waals surface area contributed by atoms with Crippen LogP contribution in [-0.4, -0.2) is 47.0 Å². The fourth-order valence-corrected chi connectivity index (χ4v) is 5.08. The highest BCUT2D eigenvalue weighted by Gasteiger charge is 2.79. The summed E-state index contributed by atoms with van der Waals surface area (Å²) in [6.07, 6.45) is 2.68.